The number of hydrogen-bond acceptors (Lipinski definition) is 13. The highest BCUT2D eigenvalue weighted by Crippen LogP contribution is 2.54. The first-order chi connectivity index (χ1) is 31.2. The predicted octanol–water partition coefficient (Wildman–Crippen LogP) is 8.17. The number of ether oxygens (including phenoxy) is 2. The number of hydrogen-bond donors (Lipinski definition) is 3. The lowest BCUT2D eigenvalue weighted by Gasteiger charge is -2.37. The zero-order chi connectivity index (χ0) is 46.4. The monoisotopic (exact) mass is 942 g/mol. The second-order valence-corrected chi connectivity index (χ2v) is 19.1. The van der Waals surface area contributed by atoms with Gasteiger partial charge in [-0.2, -0.15) is 15.2 Å². The number of carbonyl (C=O) groups is 2. The number of aliphatic hydroxyl groups excluding tert-OH is 1. The average molecular weight is 943 g/mol. The fraction of sp³-hybridized carbons (Fsp3) is 0.531. The van der Waals surface area contributed by atoms with Crippen LogP contribution in [0.2, 0.25) is 0 Å². The van der Waals surface area contributed by atoms with Gasteiger partial charge in [0.15, 0.2) is 0 Å². The molecule has 17 nitrogen and oxygen atoms in total. The van der Waals surface area contributed by atoms with Gasteiger partial charge in [0.2, 0.25) is 0 Å². The first-order valence-corrected chi connectivity index (χ1v) is 23.5. The van der Waals surface area contributed by atoms with Crippen molar-refractivity contribution in [2.24, 2.45) is 23.7 Å². The van der Waals surface area contributed by atoms with Crippen molar-refractivity contribution in [2.45, 2.75) is 137 Å². The van der Waals surface area contributed by atoms with E-state index in [-0.39, 0.29) is 98.5 Å². The Balaban J connectivity index is 0.000000261. The summed E-state index contributed by atoms with van der Waals surface area (Å²) in [6.07, 6.45) is 4.85. The predicted molar refractivity (Wildman–Crippen MR) is 257 cm³/mol. The van der Waals surface area contributed by atoms with Crippen LogP contribution in [0.4, 0.5) is 11.6 Å². The minimum absolute atomic E-state index is 0. The Labute approximate surface area is 394 Å². The molecule has 18 heteroatoms. The molecular formula is C49H67N8O9P. The first kappa shape index (κ1) is 52.8. The maximum atomic E-state index is 12.9. The maximum absolute atomic E-state index is 12.9. The molecular weight excluding hydrogens is 876 g/mol. The molecule has 4 aliphatic rings. The van der Waals surface area contributed by atoms with E-state index >= 15 is 0 Å². The molecule has 8 rings (SSSR count). The van der Waals surface area contributed by atoms with E-state index in [1.807, 2.05) is 12.1 Å². The van der Waals surface area contributed by atoms with E-state index in [1.165, 1.54) is 9.13 Å². The van der Waals surface area contributed by atoms with E-state index < -0.39 is 32.4 Å². The SMILES string of the molecule is C.C.CC(C)N(C(C)C)P(OCCC#N)O[C@@H]1C[C@@H](C)[C@H]2O[C@@H](n3ccc(NC(=O)c4ccccc4)nc3=O)C[C@H]21.C[C@@H]1C[C@@H](O)[C@@H]2C[C@H](n3ccc(NC(=O)c4ccccc4)nc3=O)O[C@@H]21. The molecule has 4 fully saturated rings. The zero-order valence-corrected chi connectivity index (χ0v) is 38.5. The summed E-state index contributed by atoms with van der Waals surface area (Å²) in [6.45, 7) is 13.0. The van der Waals surface area contributed by atoms with Gasteiger partial charge in [-0.05, 0) is 88.8 Å². The van der Waals surface area contributed by atoms with Gasteiger partial charge in [-0.15, -0.1) is 0 Å². The fourth-order valence-corrected chi connectivity index (χ4v) is 11.3. The van der Waals surface area contributed by atoms with Crippen LogP contribution < -0.4 is 22.0 Å². The largest absolute Gasteiger partial charge is 0.393 e. The number of aromatic nitrogens is 4. The highest BCUT2D eigenvalue weighted by atomic mass is 31.2. The van der Waals surface area contributed by atoms with Gasteiger partial charge in [0.05, 0.1) is 43.5 Å². The molecule has 2 saturated carbocycles. The maximum Gasteiger partial charge on any atom is 0.351 e. The third-order valence-corrected chi connectivity index (χ3v) is 14.6. The van der Waals surface area contributed by atoms with E-state index in [0.717, 1.165) is 12.8 Å². The molecule has 4 heterocycles. The first-order valence-electron chi connectivity index (χ1n) is 22.4. The lowest BCUT2D eigenvalue weighted by molar-refractivity contribution is -0.0220. The highest BCUT2D eigenvalue weighted by Gasteiger charge is 2.51. The topological polar surface area (TPSA) is 212 Å². The molecule has 3 N–H and O–H groups in total. The number of aliphatic hydroxyl groups is 1. The quantitative estimate of drug-likeness (QED) is 0.0805. The van der Waals surface area contributed by atoms with Gasteiger partial charge in [0.1, 0.15) is 24.1 Å². The molecule has 0 bridgehead atoms. The number of anilines is 2. The van der Waals surface area contributed by atoms with Gasteiger partial charge in [-0.3, -0.25) is 18.7 Å². The molecule has 2 aromatic carbocycles. The number of fused-ring (bicyclic) bond motifs is 2. The standard InChI is InChI=1S/C28H38N5O5P.C19H21N3O4.2CH4/c1-18(2)33(19(3)4)39(36-15-9-13-29)38-23-16-20(5)26-22(23)17-25(37-26)32-14-12-24(31-28(32)35)30-27(34)21-10-7-6-8-11-21;1-11-9-14(23)13-10-16(26-17(11)13)22-8-7-15(21-19(22)25)20-18(24)12-5-3-2-4-6-12;;/h6-8,10-12,14,18-20,22-23,25-26H,9,15-17H2,1-5H3,(H,30,31,34,35);2-8,11,13-14,16-17,23H,9-10H2,1H3,(H,20,21,24,25);2*1H4/t20-,22+,23-,25-,26-,39?;11-,13+,14-,16-,17-;;/m11../s1. The van der Waals surface area contributed by atoms with Crippen molar-refractivity contribution in [3.8, 4) is 6.07 Å². The van der Waals surface area contributed by atoms with Gasteiger partial charge in [0, 0.05) is 60.3 Å². The van der Waals surface area contributed by atoms with Crippen molar-refractivity contribution in [1.82, 2.24) is 23.8 Å². The van der Waals surface area contributed by atoms with E-state index in [9.17, 15) is 24.3 Å². The van der Waals surface area contributed by atoms with Gasteiger partial charge in [0.25, 0.3) is 20.3 Å². The number of nitrogens with one attached hydrogen (secondary N) is 2. The van der Waals surface area contributed by atoms with Crippen LogP contribution in [0.5, 0.6) is 0 Å². The summed E-state index contributed by atoms with van der Waals surface area (Å²) in [4.78, 5) is 58.0. The van der Waals surface area contributed by atoms with Gasteiger partial charge >= 0.3 is 11.4 Å². The normalized spacial score (nSPS) is 26.3. The van der Waals surface area contributed by atoms with Crippen LogP contribution in [-0.4, -0.2) is 83.8 Å². The summed E-state index contributed by atoms with van der Waals surface area (Å²) in [7, 11) is -1.37. The molecule has 2 saturated heterocycles. The summed E-state index contributed by atoms with van der Waals surface area (Å²) in [6, 6.07) is 23.3. The number of nitriles is 1. The van der Waals surface area contributed by atoms with Crippen LogP contribution in [0.1, 0.15) is 122 Å². The number of benzene rings is 2. The van der Waals surface area contributed by atoms with Crippen LogP contribution >= 0.6 is 8.53 Å². The third-order valence-electron chi connectivity index (χ3n) is 12.5. The molecule has 362 valence electrons. The number of nitrogens with zero attached hydrogens (tertiary/aromatic N) is 6. The molecule has 2 amide bonds. The lowest BCUT2D eigenvalue weighted by atomic mass is 10.0. The number of rotatable bonds is 14. The van der Waals surface area contributed by atoms with Gasteiger partial charge in [-0.25, -0.2) is 14.3 Å². The second-order valence-electron chi connectivity index (χ2n) is 17.7. The van der Waals surface area contributed by atoms with Crippen LogP contribution in [0.15, 0.2) is 94.8 Å². The van der Waals surface area contributed by atoms with Crippen LogP contribution in [0.3, 0.4) is 0 Å². The molecule has 11 atom stereocenters. The molecule has 0 spiro atoms. The van der Waals surface area contributed by atoms with Crippen LogP contribution in [0, 0.1) is 35.0 Å². The fourth-order valence-electron chi connectivity index (χ4n) is 9.48. The third kappa shape index (κ3) is 12.5. The average Bonchev–Trinajstić information content (AvgIpc) is 4.05. The van der Waals surface area contributed by atoms with Crippen LogP contribution in [0.25, 0.3) is 0 Å². The minimum atomic E-state index is -1.37. The molecule has 2 aliphatic carbocycles. The summed E-state index contributed by atoms with van der Waals surface area (Å²) in [5, 5.41) is 24.4. The van der Waals surface area contributed by atoms with Gasteiger partial charge in [-0.1, -0.05) is 65.1 Å². The minimum Gasteiger partial charge on any atom is -0.393 e. The van der Waals surface area contributed by atoms with Crippen molar-refractivity contribution in [3.63, 3.8) is 0 Å². The summed E-state index contributed by atoms with van der Waals surface area (Å²) < 4.78 is 30.3. The summed E-state index contributed by atoms with van der Waals surface area (Å²) >= 11 is 0. The van der Waals surface area contributed by atoms with Crippen molar-refractivity contribution in [3.05, 3.63) is 117 Å². The number of carbonyl (C=O) groups excluding carboxylic acids is 2. The highest BCUT2D eigenvalue weighted by molar-refractivity contribution is 7.44. The Morgan fingerprint density at radius 1 is 0.776 bits per heavy atom. The second kappa shape index (κ2) is 23.7. The van der Waals surface area contributed by atoms with E-state index in [1.54, 1.807) is 73.1 Å². The Morgan fingerprint density at radius 2 is 1.24 bits per heavy atom. The van der Waals surface area contributed by atoms with E-state index in [4.69, 9.17) is 23.8 Å². The smallest absolute Gasteiger partial charge is 0.351 e. The van der Waals surface area contributed by atoms with Crippen molar-refractivity contribution < 1.29 is 33.2 Å². The Hall–Kier alpha value is -5.18. The van der Waals surface area contributed by atoms with E-state index in [0.29, 0.717) is 37.0 Å². The van der Waals surface area contributed by atoms with Crippen LogP contribution in [-0.2, 0) is 18.5 Å². The summed E-state index contributed by atoms with van der Waals surface area (Å²) in [5.74, 6) is 0.422. The van der Waals surface area contributed by atoms with E-state index in [2.05, 4.69) is 72.9 Å². The summed E-state index contributed by atoms with van der Waals surface area (Å²) in [5.41, 5.74) is 0.0146. The molecule has 2 aliphatic heterocycles. The van der Waals surface area contributed by atoms with Crippen molar-refractivity contribution in [2.75, 3.05) is 17.2 Å². The zero-order valence-electron chi connectivity index (χ0n) is 37.6. The number of amides is 2. The lowest BCUT2D eigenvalue weighted by Crippen LogP contribution is -2.35. The molecule has 67 heavy (non-hydrogen) atoms. The van der Waals surface area contributed by atoms with Crippen molar-refractivity contribution >= 4 is 32.0 Å². The molecule has 2 aromatic heterocycles. The van der Waals surface area contributed by atoms with Crippen molar-refractivity contribution in [1.29, 1.82) is 5.26 Å². The molecule has 0 radical (unpaired) electrons. The molecule has 4 aromatic rings. The Morgan fingerprint density at radius 3 is 1.69 bits per heavy atom. The van der Waals surface area contributed by atoms with Gasteiger partial charge < -0.3 is 34.3 Å². The Bertz CT molecular complexity index is 2390. The molecule has 1 unspecified atom stereocenters. The Kier molecular flexibility index (Phi) is 18.7.